The van der Waals surface area contributed by atoms with E-state index in [-0.39, 0.29) is 12.0 Å². The SMILES string of the molecule is COC(=O)c1ccc(C2Nc3c(C)cccc3C3C=CCC32)cc1. The van der Waals surface area contributed by atoms with Gasteiger partial charge in [0.15, 0.2) is 0 Å². The fourth-order valence-electron chi connectivity index (χ4n) is 4.05. The molecule has 1 N–H and O–H groups in total. The van der Waals surface area contributed by atoms with Gasteiger partial charge in [0.1, 0.15) is 0 Å². The number of ether oxygens (including phenoxy) is 1. The van der Waals surface area contributed by atoms with Gasteiger partial charge in [-0.25, -0.2) is 4.79 Å². The first-order valence-electron chi connectivity index (χ1n) is 8.40. The van der Waals surface area contributed by atoms with Crippen molar-refractivity contribution in [2.75, 3.05) is 12.4 Å². The molecule has 3 nitrogen and oxygen atoms in total. The highest BCUT2D eigenvalue weighted by Gasteiger charge is 2.38. The van der Waals surface area contributed by atoms with Gasteiger partial charge >= 0.3 is 5.97 Å². The van der Waals surface area contributed by atoms with Crippen molar-refractivity contribution >= 4 is 11.7 Å². The zero-order chi connectivity index (χ0) is 16.7. The number of fused-ring (bicyclic) bond motifs is 3. The second-order valence-corrected chi connectivity index (χ2v) is 6.63. The molecule has 0 saturated heterocycles. The summed E-state index contributed by atoms with van der Waals surface area (Å²) >= 11 is 0. The summed E-state index contributed by atoms with van der Waals surface area (Å²) in [6.07, 6.45) is 5.72. The van der Waals surface area contributed by atoms with Crippen LogP contribution in [0.3, 0.4) is 0 Å². The summed E-state index contributed by atoms with van der Waals surface area (Å²) in [5.74, 6) is 0.689. The maximum absolute atomic E-state index is 11.6. The molecule has 4 rings (SSSR count). The van der Waals surface area contributed by atoms with Crippen LogP contribution in [0.1, 0.15) is 45.4 Å². The highest BCUT2D eigenvalue weighted by atomic mass is 16.5. The molecule has 2 aromatic carbocycles. The molecular formula is C21H21NO2. The van der Waals surface area contributed by atoms with E-state index in [1.165, 1.54) is 29.5 Å². The maximum atomic E-state index is 11.6. The van der Waals surface area contributed by atoms with Crippen LogP contribution in [0.5, 0.6) is 0 Å². The highest BCUT2D eigenvalue weighted by molar-refractivity contribution is 5.89. The first-order chi connectivity index (χ1) is 11.7. The molecule has 1 aliphatic carbocycles. The summed E-state index contributed by atoms with van der Waals surface area (Å²) in [5.41, 5.74) is 5.75. The van der Waals surface area contributed by atoms with Gasteiger partial charge in [0.05, 0.1) is 18.7 Å². The van der Waals surface area contributed by atoms with Gasteiger partial charge in [-0.1, -0.05) is 42.5 Å². The number of aryl methyl sites for hydroxylation is 1. The number of benzene rings is 2. The topological polar surface area (TPSA) is 38.3 Å². The summed E-state index contributed by atoms with van der Waals surface area (Å²) in [6, 6.07) is 14.6. The zero-order valence-corrected chi connectivity index (χ0v) is 14.0. The molecule has 3 unspecified atom stereocenters. The smallest absolute Gasteiger partial charge is 0.337 e. The number of esters is 1. The van der Waals surface area contributed by atoms with Crippen LogP contribution in [0.15, 0.2) is 54.6 Å². The van der Waals surface area contributed by atoms with Crippen LogP contribution in [-0.4, -0.2) is 13.1 Å². The van der Waals surface area contributed by atoms with Crippen LogP contribution in [0, 0.1) is 12.8 Å². The van der Waals surface area contributed by atoms with Gasteiger partial charge in [0, 0.05) is 11.6 Å². The predicted octanol–water partition coefficient (Wildman–Crippen LogP) is 4.61. The third kappa shape index (κ3) is 2.32. The molecule has 0 saturated carbocycles. The number of hydrogen-bond donors (Lipinski definition) is 1. The quantitative estimate of drug-likeness (QED) is 0.649. The molecular weight excluding hydrogens is 298 g/mol. The van der Waals surface area contributed by atoms with Crippen molar-refractivity contribution in [3.63, 3.8) is 0 Å². The minimum atomic E-state index is -0.292. The monoisotopic (exact) mass is 319 g/mol. The summed E-state index contributed by atoms with van der Waals surface area (Å²) < 4.78 is 4.79. The molecule has 1 aliphatic heterocycles. The van der Waals surface area contributed by atoms with E-state index in [0.29, 0.717) is 17.4 Å². The number of anilines is 1. The van der Waals surface area contributed by atoms with Crippen LogP contribution in [0.4, 0.5) is 5.69 Å². The number of allylic oxidation sites excluding steroid dienone is 2. The van der Waals surface area contributed by atoms with Gasteiger partial charge in [0.2, 0.25) is 0 Å². The van der Waals surface area contributed by atoms with E-state index >= 15 is 0 Å². The Labute approximate surface area is 142 Å². The number of para-hydroxylation sites is 1. The number of hydrogen-bond acceptors (Lipinski definition) is 3. The molecule has 3 heteroatoms. The molecule has 0 radical (unpaired) electrons. The van der Waals surface area contributed by atoms with Crippen LogP contribution < -0.4 is 5.32 Å². The largest absolute Gasteiger partial charge is 0.465 e. The number of carbonyl (C=O) groups excluding carboxylic acids is 1. The number of carbonyl (C=O) groups is 1. The van der Waals surface area contributed by atoms with Crippen molar-refractivity contribution in [2.24, 2.45) is 5.92 Å². The Morgan fingerprint density at radius 2 is 1.96 bits per heavy atom. The van der Waals surface area contributed by atoms with Crippen LogP contribution >= 0.6 is 0 Å². The van der Waals surface area contributed by atoms with Crippen molar-refractivity contribution in [1.82, 2.24) is 0 Å². The lowest BCUT2D eigenvalue weighted by Crippen LogP contribution is -2.29. The van der Waals surface area contributed by atoms with Crippen molar-refractivity contribution in [3.8, 4) is 0 Å². The second kappa shape index (κ2) is 5.82. The number of methoxy groups -OCH3 is 1. The van der Waals surface area contributed by atoms with Gasteiger partial charge in [-0.05, 0) is 48.1 Å². The van der Waals surface area contributed by atoms with E-state index in [9.17, 15) is 4.79 Å². The number of nitrogens with one attached hydrogen (secondary N) is 1. The van der Waals surface area contributed by atoms with Crippen molar-refractivity contribution < 1.29 is 9.53 Å². The Bertz CT molecular complexity index is 807. The van der Waals surface area contributed by atoms with Crippen molar-refractivity contribution in [3.05, 3.63) is 76.9 Å². The van der Waals surface area contributed by atoms with Gasteiger partial charge in [-0.3, -0.25) is 0 Å². The van der Waals surface area contributed by atoms with Crippen molar-refractivity contribution in [1.29, 1.82) is 0 Å². The fourth-order valence-corrected chi connectivity index (χ4v) is 4.05. The van der Waals surface area contributed by atoms with Gasteiger partial charge < -0.3 is 10.1 Å². The normalized spacial score (nSPS) is 24.0. The molecule has 0 amide bonds. The Morgan fingerprint density at radius 1 is 1.17 bits per heavy atom. The summed E-state index contributed by atoms with van der Waals surface area (Å²) in [5, 5.41) is 3.76. The Balaban J connectivity index is 1.71. The average molecular weight is 319 g/mol. The van der Waals surface area contributed by atoms with Crippen LogP contribution in [0.2, 0.25) is 0 Å². The van der Waals surface area contributed by atoms with Gasteiger partial charge in [-0.2, -0.15) is 0 Å². The summed E-state index contributed by atoms with van der Waals surface area (Å²) in [4.78, 5) is 11.6. The number of rotatable bonds is 2. The van der Waals surface area contributed by atoms with Crippen LogP contribution in [-0.2, 0) is 4.74 Å². The molecule has 3 atom stereocenters. The zero-order valence-electron chi connectivity index (χ0n) is 14.0. The third-order valence-electron chi connectivity index (χ3n) is 5.30. The van der Waals surface area contributed by atoms with Gasteiger partial charge in [0.25, 0.3) is 0 Å². The molecule has 1 heterocycles. The third-order valence-corrected chi connectivity index (χ3v) is 5.30. The first kappa shape index (κ1) is 15.0. The van der Waals surface area contributed by atoms with E-state index in [1.54, 1.807) is 0 Å². The average Bonchev–Trinajstić information content (AvgIpc) is 3.11. The lowest BCUT2D eigenvalue weighted by atomic mass is 9.76. The summed E-state index contributed by atoms with van der Waals surface area (Å²) in [7, 11) is 1.41. The lowest BCUT2D eigenvalue weighted by molar-refractivity contribution is 0.0600. The first-order valence-corrected chi connectivity index (χ1v) is 8.40. The van der Waals surface area contributed by atoms with Gasteiger partial charge in [-0.15, -0.1) is 0 Å². The van der Waals surface area contributed by atoms with Crippen LogP contribution in [0.25, 0.3) is 0 Å². The highest BCUT2D eigenvalue weighted by Crippen LogP contribution is 2.50. The van der Waals surface area contributed by atoms with Crippen molar-refractivity contribution in [2.45, 2.75) is 25.3 Å². The molecule has 24 heavy (non-hydrogen) atoms. The molecule has 0 aromatic heterocycles. The molecule has 122 valence electrons. The fraction of sp³-hybridized carbons (Fsp3) is 0.286. The molecule has 2 aliphatic rings. The molecule has 2 aromatic rings. The van der Waals surface area contributed by atoms with E-state index < -0.39 is 0 Å². The van der Waals surface area contributed by atoms with E-state index in [4.69, 9.17) is 4.74 Å². The maximum Gasteiger partial charge on any atom is 0.337 e. The van der Waals surface area contributed by atoms with E-state index in [0.717, 1.165) is 6.42 Å². The molecule has 0 bridgehead atoms. The summed E-state index contributed by atoms with van der Waals surface area (Å²) in [6.45, 7) is 2.15. The molecule has 0 fully saturated rings. The minimum Gasteiger partial charge on any atom is -0.465 e. The molecule has 0 spiro atoms. The van der Waals surface area contributed by atoms with E-state index in [2.05, 4.69) is 42.6 Å². The Kier molecular flexibility index (Phi) is 3.64. The predicted molar refractivity (Wildman–Crippen MR) is 95.3 cm³/mol. The second-order valence-electron chi connectivity index (χ2n) is 6.63. The Morgan fingerprint density at radius 3 is 2.71 bits per heavy atom. The standard InChI is InChI=1S/C21H21NO2/c1-13-5-3-7-17-16-6-4-8-18(16)20(22-19(13)17)14-9-11-15(12-10-14)21(23)24-2/h3-7,9-12,16,18,20,22H,8H2,1-2H3. The minimum absolute atomic E-state index is 0.255. The van der Waals surface area contributed by atoms with E-state index in [1.807, 2.05) is 24.3 Å². The lowest BCUT2D eigenvalue weighted by Gasteiger charge is -2.38. The Hall–Kier alpha value is -2.55.